The second-order valence-corrected chi connectivity index (χ2v) is 6.22. The van der Waals surface area contributed by atoms with E-state index in [1.54, 1.807) is 0 Å². The highest BCUT2D eigenvalue weighted by Gasteiger charge is 2.03. The Morgan fingerprint density at radius 1 is 1.12 bits per heavy atom. The Balaban J connectivity index is 1.74. The third-order valence-electron chi connectivity index (χ3n) is 3.62. The molecule has 0 amide bonds. The fraction of sp³-hybridized carbons (Fsp3) is 0.350. The molecule has 0 saturated heterocycles. The molecule has 4 heteroatoms. The molecule has 0 heterocycles. The fourth-order valence-corrected chi connectivity index (χ4v) is 2.66. The Morgan fingerprint density at radius 3 is 2.75 bits per heavy atom. The van der Waals surface area contributed by atoms with Crippen LogP contribution in [0.2, 0.25) is 0 Å². The zero-order valence-electron chi connectivity index (χ0n) is 14.5. The first-order valence-electron chi connectivity index (χ1n) is 8.51. The summed E-state index contributed by atoms with van der Waals surface area (Å²) < 4.78 is 5.80. The summed E-state index contributed by atoms with van der Waals surface area (Å²) in [6.07, 6.45) is 3.00. The number of aryl methyl sites for hydroxylation is 2. The Bertz CT molecular complexity index is 658. The lowest BCUT2D eigenvalue weighted by Gasteiger charge is -2.12. The van der Waals surface area contributed by atoms with Crippen LogP contribution in [-0.2, 0) is 6.42 Å². The van der Waals surface area contributed by atoms with Gasteiger partial charge in [-0.3, -0.25) is 0 Å². The second-order valence-electron chi connectivity index (χ2n) is 5.81. The van der Waals surface area contributed by atoms with Gasteiger partial charge in [0, 0.05) is 12.2 Å². The van der Waals surface area contributed by atoms with Crippen LogP contribution in [0.5, 0.6) is 5.75 Å². The summed E-state index contributed by atoms with van der Waals surface area (Å²) in [6, 6.07) is 16.4. The minimum Gasteiger partial charge on any atom is -0.493 e. The van der Waals surface area contributed by atoms with E-state index in [4.69, 9.17) is 17.0 Å². The molecule has 0 bridgehead atoms. The van der Waals surface area contributed by atoms with Gasteiger partial charge in [-0.2, -0.15) is 0 Å². The van der Waals surface area contributed by atoms with Crippen LogP contribution >= 0.6 is 12.2 Å². The van der Waals surface area contributed by atoms with E-state index in [0.717, 1.165) is 43.9 Å². The van der Waals surface area contributed by atoms with Crippen LogP contribution in [-0.4, -0.2) is 18.3 Å². The zero-order valence-corrected chi connectivity index (χ0v) is 15.3. The van der Waals surface area contributed by atoms with Gasteiger partial charge in [0.15, 0.2) is 5.11 Å². The molecule has 2 N–H and O–H groups in total. The third kappa shape index (κ3) is 6.20. The average Bonchev–Trinajstić information content (AvgIpc) is 2.58. The predicted molar refractivity (Wildman–Crippen MR) is 106 cm³/mol. The standard InChI is InChI=1S/C20H26N2OS/c1-3-14-23-19-12-5-4-9-17(19)10-7-13-21-20(24)22-18-11-6-8-16(2)15-18/h4-6,8-9,11-12,15H,3,7,10,13-14H2,1-2H3,(H2,21,22,24). The molecule has 2 aromatic carbocycles. The lowest BCUT2D eigenvalue weighted by atomic mass is 10.1. The molecule has 0 aliphatic carbocycles. The van der Waals surface area contributed by atoms with Gasteiger partial charge in [-0.25, -0.2) is 0 Å². The largest absolute Gasteiger partial charge is 0.493 e. The first kappa shape index (κ1) is 18.3. The van der Waals surface area contributed by atoms with Crippen LogP contribution in [0.25, 0.3) is 0 Å². The minimum atomic E-state index is 0.663. The van der Waals surface area contributed by atoms with Crippen molar-refractivity contribution in [2.24, 2.45) is 0 Å². The molecule has 24 heavy (non-hydrogen) atoms. The molecule has 0 spiro atoms. The summed E-state index contributed by atoms with van der Waals surface area (Å²) in [5, 5.41) is 7.14. The van der Waals surface area contributed by atoms with Crippen molar-refractivity contribution in [1.29, 1.82) is 0 Å². The molecular formula is C20H26N2OS. The highest BCUT2D eigenvalue weighted by molar-refractivity contribution is 7.80. The molecule has 3 nitrogen and oxygen atoms in total. The van der Waals surface area contributed by atoms with Gasteiger partial charge in [0.2, 0.25) is 0 Å². The molecule has 0 fully saturated rings. The number of hydrogen-bond donors (Lipinski definition) is 2. The topological polar surface area (TPSA) is 33.3 Å². The molecule has 0 radical (unpaired) electrons. The van der Waals surface area contributed by atoms with Crippen molar-refractivity contribution in [2.75, 3.05) is 18.5 Å². The first-order chi connectivity index (χ1) is 11.7. The SMILES string of the molecule is CCCOc1ccccc1CCCNC(=S)Nc1cccc(C)c1. The quantitative estimate of drug-likeness (QED) is 0.538. The smallest absolute Gasteiger partial charge is 0.170 e. The molecule has 2 aromatic rings. The highest BCUT2D eigenvalue weighted by Crippen LogP contribution is 2.19. The minimum absolute atomic E-state index is 0.663. The maximum absolute atomic E-state index is 5.80. The molecule has 0 aliphatic rings. The number of thiocarbonyl (C=S) groups is 1. The van der Waals surface area contributed by atoms with Crippen molar-refractivity contribution < 1.29 is 4.74 Å². The van der Waals surface area contributed by atoms with E-state index in [0.29, 0.717) is 5.11 Å². The maximum atomic E-state index is 5.80. The van der Waals surface area contributed by atoms with Crippen molar-refractivity contribution in [3.8, 4) is 5.75 Å². The fourth-order valence-electron chi connectivity index (χ4n) is 2.44. The molecule has 0 aromatic heterocycles. The highest BCUT2D eigenvalue weighted by atomic mass is 32.1. The summed E-state index contributed by atoms with van der Waals surface area (Å²) >= 11 is 5.35. The van der Waals surface area contributed by atoms with E-state index >= 15 is 0 Å². The summed E-state index contributed by atoms with van der Waals surface area (Å²) in [5.74, 6) is 1.000. The van der Waals surface area contributed by atoms with Gasteiger partial charge in [-0.15, -0.1) is 0 Å². The summed E-state index contributed by atoms with van der Waals surface area (Å²) in [4.78, 5) is 0. The first-order valence-corrected chi connectivity index (χ1v) is 8.92. The van der Waals surface area contributed by atoms with Crippen LogP contribution in [0, 0.1) is 6.92 Å². The monoisotopic (exact) mass is 342 g/mol. The van der Waals surface area contributed by atoms with E-state index in [-0.39, 0.29) is 0 Å². The second kappa shape index (κ2) is 9.93. The lowest BCUT2D eigenvalue weighted by Crippen LogP contribution is -2.29. The van der Waals surface area contributed by atoms with E-state index < -0.39 is 0 Å². The molecule has 0 atom stereocenters. The van der Waals surface area contributed by atoms with Crippen molar-refractivity contribution in [3.05, 3.63) is 59.7 Å². The average molecular weight is 343 g/mol. The van der Waals surface area contributed by atoms with Crippen molar-refractivity contribution >= 4 is 23.0 Å². The van der Waals surface area contributed by atoms with Gasteiger partial charge in [-0.1, -0.05) is 37.3 Å². The number of nitrogens with one attached hydrogen (secondary N) is 2. The number of anilines is 1. The Kier molecular flexibility index (Phi) is 7.56. The van der Waals surface area contributed by atoms with Crippen LogP contribution < -0.4 is 15.4 Å². The van der Waals surface area contributed by atoms with Crippen LogP contribution in [0.1, 0.15) is 30.9 Å². The van der Waals surface area contributed by atoms with Crippen molar-refractivity contribution in [1.82, 2.24) is 5.32 Å². The van der Waals surface area contributed by atoms with Gasteiger partial charge < -0.3 is 15.4 Å². The molecule has 0 aliphatic heterocycles. The molecule has 0 saturated carbocycles. The number of hydrogen-bond acceptors (Lipinski definition) is 2. The van der Waals surface area contributed by atoms with E-state index in [1.807, 2.05) is 24.3 Å². The van der Waals surface area contributed by atoms with E-state index in [9.17, 15) is 0 Å². The summed E-state index contributed by atoms with van der Waals surface area (Å²) in [6.45, 7) is 5.79. The predicted octanol–water partition coefficient (Wildman–Crippen LogP) is 4.70. The van der Waals surface area contributed by atoms with Gasteiger partial charge in [0.05, 0.1) is 6.61 Å². The van der Waals surface area contributed by atoms with Gasteiger partial charge in [0.25, 0.3) is 0 Å². The van der Waals surface area contributed by atoms with E-state index in [2.05, 4.69) is 48.7 Å². The third-order valence-corrected chi connectivity index (χ3v) is 3.87. The Hall–Kier alpha value is -2.07. The normalized spacial score (nSPS) is 10.2. The molecule has 128 valence electrons. The zero-order chi connectivity index (χ0) is 17.2. The van der Waals surface area contributed by atoms with Gasteiger partial charge >= 0.3 is 0 Å². The number of ether oxygens (including phenoxy) is 1. The molecule has 0 unspecified atom stereocenters. The number of para-hydroxylation sites is 1. The van der Waals surface area contributed by atoms with E-state index in [1.165, 1.54) is 11.1 Å². The molecular weight excluding hydrogens is 316 g/mol. The molecule has 2 rings (SSSR count). The number of rotatable bonds is 8. The Labute approximate surface area is 150 Å². The van der Waals surface area contributed by atoms with Gasteiger partial charge in [-0.05, 0) is 67.7 Å². The maximum Gasteiger partial charge on any atom is 0.170 e. The van der Waals surface area contributed by atoms with Crippen LogP contribution in [0.4, 0.5) is 5.69 Å². The van der Waals surface area contributed by atoms with Gasteiger partial charge in [0.1, 0.15) is 5.75 Å². The van der Waals surface area contributed by atoms with Crippen LogP contribution in [0.15, 0.2) is 48.5 Å². The lowest BCUT2D eigenvalue weighted by molar-refractivity contribution is 0.314. The summed E-state index contributed by atoms with van der Waals surface area (Å²) in [7, 11) is 0. The van der Waals surface area contributed by atoms with Crippen molar-refractivity contribution in [3.63, 3.8) is 0 Å². The summed E-state index contributed by atoms with van der Waals surface area (Å²) in [5.41, 5.74) is 3.49. The Morgan fingerprint density at radius 2 is 1.96 bits per heavy atom. The van der Waals surface area contributed by atoms with Crippen LogP contribution in [0.3, 0.4) is 0 Å². The number of benzene rings is 2. The van der Waals surface area contributed by atoms with Crippen molar-refractivity contribution in [2.45, 2.75) is 33.1 Å².